The van der Waals surface area contributed by atoms with Crippen LogP contribution in [-0.4, -0.2) is 96.7 Å². The van der Waals surface area contributed by atoms with E-state index in [4.69, 9.17) is 37.0 Å². The van der Waals surface area contributed by atoms with Gasteiger partial charge in [-0.25, -0.2) is 9.13 Å². The molecule has 5 unspecified atom stereocenters. The predicted octanol–water partition coefficient (Wildman–Crippen LogP) is 24.9. The van der Waals surface area contributed by atoms with Gasteiger partial charge in [0.05, 0.1) is 32.8 Å². The van der Waals surface area contributed by atoms with Gasteiger partial charge < -0.3 is 33.8 Å². The highest BCUT2D eigenvalue weighted by Crippen LogP contribution is 2.45. The monoisotopic (exact) mass is 1570 g/mol. The van der Waals surface area contributed by atoms with Crippen molar-refractivity contribution in [2.75, 3.05) is 39.6 Å². The number of aliphatic hydroxyl groups excluding tert-OH is 1. The van der Waals surface area contributed by atoms with Crippen molar-refractivity contribution >= 4 is 39.5 Å². The number of ether oxygens (including phenoxy) is 4. The normalized spacial score (nSPS) is 14.8. The number of esters is 4. The van der Waals surface area contributed by atoms with Gasteiger partial charge in [0.1, 0.15) is 19.3 Å². The number of allylic oxidation sites excluding steroid dienone is 31. The number of hydrogen-bond acceptors (Lipinski definition) is 15. The number of unbranched alkanes of at least 4 members (excludes halogenated alkanes) is 19. The van der Waals surface area contributed by atoms with Gasteiger partial charge in [-0.2, -0.15) is 0 Å². The molecular formula is C91H146O17P2. The van der Waals surface area contributed by atoms with E-state index in [0.29, 0.717) is 25.7 Å². The molecule has 0 bridgehead atoms. The van der Waals surface area contributed by atoms with Gasteiger partial charge in [-0.05, 0) is 167 Å². The summed E-state index contributed by atoms with van der Waals surface area (Å²) in [5.74, 6) is -2.40. The Labute approximate surface area is 666 Å². The van der Waals surface area contributed by atoms with Crippen LogP contribution in [-0.2, 0) is 65.4 Å². The molecule has 5 atom stereocenters. The molecule has 19 heteroatoms. The van der Waals surface area contributed by atoms with Gasteiger partial charge in [0.25, 0.3) is 0 Å². The number of carbonyl (C=O) groups excluding carboxylic acids is 4. The predicted molar refractivity (Wildman–Crippen MR) is 454 cm³/mol. The van der Waals surface area contributed by atoms with E-state index in [0.717, 1.165) is 199 Å². The van der Waals surface area contributed by atoms with Crippen LogP contribution in [0.1, 0.15) is 297 Å². The molecular weight excluding hydrogens is 1430 g/mol. The smallest absolute Gasteiger partial charge is 0.462 e. The number of aliphatic hydroxyl groups is 1. The summed E-state index contributed by atoms with van der Waals surface area (Å²) in [5, 5.41) is 10.7. The molecule has 0 saturated heterocycles. The Morgan fingerprint density at radius 2 is 0.509 bits per heavy atom. The highest BCUT2D eigenvalue weighted by atomic mass is 31.2. The molecule has 0 amide bonds. The average molecular weight is 1570 g/mol. The van der Waals surface area contributed by atoms with E-state index in [2.05, 4.69) is 198 Å². The van der Waals surface area contributed by atoms with Crippen molar-refractivity contribution in [1.29, 1.82) is 0 Å². The lowest BCUT2D eigenvalue weighted by Gasteiger charge is -2.21. The number of phosphoric acid groups is 2. The average Bonchev–Trinajstić information content (AvgIpc) is 0.900. The van der Waals surface area contributed by atoms with Crippen LogP contribution >= 0.6 is 15.6 Å². The fraction of sp³-hybridized carbons (Fsp3) is 0.604. The second-order valence-electron chi connectivity index (χ2n) is 26.9. The van der Waals surface area contributed by atoms with Gasteiger partial charge in [-0.1, -0.05) is 299 Å². The number of carbonyl (C=O) groups is 4. The molecule has 0 fully saturated rings. The highest BCUT2D eigenvalue weighted by molar-refractivity contribution is 7.47. The molecule has 17 nitrogen and oxygen atoms in total. The van der Waals surface area contributed by atoms with Gasteiger partial charge in [-0.3, -0.25) is 37.3 Å². The van der Waals surface area contributed by atoms with E-state index < -0.39 is 97.5 Å². The number of rotatable bonds is 76. The van der Waals surface area contributed by atoms with Crippen LogP contribution in [0.3, 0.4) is 0 Å². The fourth-order valence-electron chi connectivity index (χ4n) is 10.3. The molecule has 0 aromatic rings. The third-order valence-electron chi connectivity index (χ3n) is 16.6. The second kappa shape index (κ2) is 80.9. The molecule has 0 spiro atoms. The molecule has 0 heterocycles. The second-order valence-corrected chi connectivity index (χ2v) is 29.8. The maximum atomic E-state index is 13.1. The summed E-state index contributed by atoms with van der Waals surface area (Å²) in [4.78, 5) is 73.2. The Hall–Kier alpha value is -6.10. The fourth-order valence-corrected chi connectivity index (χ4v) is 11.9. The van der Waals surface area contributed by atoms with E-state index in [9.17, 15) is 43.2 Å². The third kappa shape index (κ3) is 80.0. The van der Waals surface area contributed by atoms with Crippen LogP contribution in [0.25, 0.3) is 0 Å². The SMILES string of the molecule is CC/C=C\C/C=C\C/C=C\C/C=C\C/C=C\CCCCCC(=O)OCC(COP(=O)(O)OCC(O)COP(=O)(O)OCC(COC(=O)CCCCCCCCC/C=C\C/C=C\C/C=C\CC)OC(=O)C/C=C\C/C=C\C/C=C\C/C=C\C/C=C\CC)OC(=O)CCCCCCCC/C=C\C/C=C\C/C=C\CCCCC. The molecule has 0 rings (SSSR count). The summed E-state index contributed by atoms with van der Waals surface area (Å²) in [6.45, 7) is 4.32. The summed E-state index contributed by atoms with van der Waals surface area (Å²) in [7, 11) is -10.0. The van der Waals surface area contributed by atoms with Crippen LogP contribution in [0.2, 0.25) is 0 Å². The summed E-state index contributed by atoms with van der Waals surface area (Å²) < 4.78 is 68.6. The van der Waals surface area contributed by atoms with Gasteiger partial charge in [-0.15, -0.1) is 0 Å². The highest BCUT2D eigenvalue weighted by Gasteiger charge is 2.30. The first-order chi connectivity index (χ1) is 53.7. The first kappa shape index (κ1) is 104. The van der Waals surface area contributed by atoms with Gasteiger partial charge in [0, 0.05) is 19.3 Å². The topological polar surface area (TPSA) is 237 Å². The molecule has 0 radical (unpaired) electrons. The minimum Gasteiger partial charge on any atom is -0.462 e. The molecule has 0 saturated carbocycles. The summed E-state index contributed by atoms with van der Waals surface area (Å²) in [6.07, 6.45) is 100.0. The first-order valence-electron chi connectivity index (χ1n) is 41.7. The molecule has 0 aromatic heterocycles. The summed E-state index contributed by atoms with van der Waals surface area (Å²) >= 11 is 0. The van der Waals surface area contributed by atoms with E-state index >= 15 is 0 Å². The Kier molecular flexibility index (Phi) is 76.4. The number of hydrogen-bond donors (Lipinski definition) is 3. The molecule has 0 aliphatic heterocycles. The zero-order valence-electron chi connectivity index (χ0n) is 68.1. The molecule has 622 valence electrons. The molecule has 0 aromatic carbocycles. The lowest BCUT2D eigenvalue weighted by molar-refractivity contribution is -0.161. The van der Waals surface area contributed by atoms with Crippen LogP contribution in [0.5, 0.6) is 0 Å². The molecule has 0 aliphatic carbocycles. The maximum Gasteiger partial charge on any atom is 0.472 e. The zero-order valence-corrected chi connectivity index (χ0v) is 69.9. The van der Waals surface area contributed by atoms with Crippen molar-refractivity contribution in [3.05, 3.63) is 194 Å². The van der Waals surface area contributed by atoms with Gasteiger partial charge in [0.2, 0.25) is 0 Å². The molecule has 0 aliphatic rings. The summed E-state index contributed by atoms with van der Waals surface area (Å²) in [5.41, 5.74) is 0. The standard InChI is InChI=1S/C91H146O17P2/c1-5-9-13-17-21-25-29-33-37-40-42-45-49-52-56-60-64-68-72-76-89(94)102-82-87(108-91(96)78-74-70-66-62-58-54-50-46-43-41-38-34-30-26-22-18-14-10-6-2)84-106-110(99,100)104-80-85(92)79-103-109(97,98)105-83-86(107-90(95)77-73-69-65-61-57-53-47-36-32-28-24-20-16-12-8-4)81-101-88(93)75-71-67-63-59-55-51-48-44-39-35-31-27-23-19-15-11-7-3/h9,11-13,15-16,21-28,33-39,42-43,45-47,52,56-57,61,69,73,85-87,92H,5-8,10,14,17-20,29-32,40-41,44,48-51,53-55,58-60,62-68,70-72,74-84H2,1-4H3,(H,97,98)(H,99,100)/b13-9-,15-11-,16-12-,25-21-,26-22-,27-23-,28-24-,37-33-,38-34-,39-35-,45-42-,46-43-,47-36-,56-52-,61-57-,73-69-. The number of phosphoric ester groups is 2. The van der Waals surface area contributed by atoms with Crippen molar-refractivity contribution in [3.8, 4) is 0 Å². The van der Waals surface area contributed by atoms with E-state index in [1.165, 1.54) is 19.3 Å². The van der Waals surface area contributed by atoms with Crippen molar-refractivity contribution in [2.45, 2.75) is 316 Å². The van der Waals surface area contributed by atoms with Crippen LogP contribution in [0.15, 0.2) is 194 Å². The Bertz CT molecular complexity index is 2850. The first-order valence-corrected chi connectivity index (χ1v) is 44.7. The van der Waals surface area contributed by atoms with Crippen LogP contribution in [0, 0.1) is 0 Å². The van der Waals surface area contributed by atoms with Crippen molar-refractivity contribution in [3.63, 3.8) is 0 Å². The molecule has 110 heavy (non-hydrogen) atoms. The van der Waals surface area contributed by atoms with E-state index in [-0.39, 0.29) is 25.7 Å². The van der Waals surface area contributed by atoms with Crippen LogP contribution in [0.4, 0.5) is 0 Å². The minimum atomic E-state index is -5.02. The van der Waals surface area contributed by atoms with Crippen LogP contribution < -0.4 is 0 Å². The minimum absolute atomic E-state index is 0.0624. The van der Waals surface area contributed by atoms with Crippen molar-refractivity contribution in [2.24, 2.45) is 0 Å². The Morgan fingerprint density at radius 1 is 0.273 bits per heavy atom. The Morgan fingerprint density at radius 3 is 0.818 bits per heavy atom. The largest absolute Gasteiger partial charge is 0.472 e. The van der Waals surface area contributed by atoms with Gasteiger partial charge in [0.15, 0.2) is 12.2 Å². The zero-order chi connectivity index (χ0) is 80.3. The maximum absolute atomic E-state index is 13.1. The quantitative estimate of drug-likeness (QED) is 0.0169. The van der Waals surface area contributed by atoms with Crippen molar-refractivity contribution in [1.82, 2.24) is 0 Å². The lowest BCUT2D eigenvalue weighted by Crippen LogP contribution is -2.30. The van der Waals surface area contributed by atoms with E-state index in [1.807, 2.05) is 12.2 Å². The Balaban J connectivity index is 5.51. The molecule has 3 N–H and O–H groups in total. The lowest BCUT2D eigenvalue weighted by atomic mass is 10.1. The van der Waals surface area contributed by atoms with Crippen molar-refractivity contribution < 1.29 is 80.2 Å². The third-order valence-corrected chi connectivity index (χ3v) is 18.5. The summed E-state index contributed by atoms with van der Waals surface area (Å²) in [6, 6.07) is 0. The van der Waals surface area contributed by atoms with Gasteiger partial charge >= 0.3 is 39.5 Å². The van der Waals surface area contributed by atoms with E-state index in [1.54, 1.807) is 12.2 Å².